The van der Waals surface area contributed by atoms with Gasteiger partial charge in [-0.15, -0.1) is 0 Å². The third-order valence-electron chi connectivity index (χ3n) is 4.81. The number of carbonyl (C=O) groups is 1. The normalized spacial score (nSPS) is 10.3. The molecule has 0 saturated carbocycles. The zero-order valence-corrected chi connectivity index (χ0v) is 17.1. The van der Waals surface area contributed by atoms with E-state index in [2.05, 4.69) is 27.2 Å². The van der Waals surface area contributed by atoms with E-state index in [0.29, 0.717) is 12.1 Å². The molecule has 2 heterocycles. The zero-order chi connectivity index (χ0) is 21.3. The van der Waals surface area contributed by atoms with Crippen LogP contribution < -0.4 is 5.32 Å². The van der Waals surface area contributed by atoms with Crippen LogP contribution in [0.4, 0.5) is 0 Å². The van der Waals surface area contributed by atoms with Gasteiger partial charge in [-0.05, 0) is 49.2 Å². The molecule has 0 aliphatic carbocycles. The summed E-state index contributed by atoms with van der Waals surface area (Å²) in [5, 5.41) is 7.31. The summed E-state index contributed by atoms with van der Waals surface area (Å²) >= 11 is 0. The Balaban J connectivity index is 1.45. The fourth-order valence-electron chi connectivity index (χ4n) is 3.19. The van der Waals surface area contributed by atoms with Crippen LogP contribution in [0.15, 0.2) is 85.7 Å². The molecule has 0 saturated heterocycles. The molecule has 2 aromatic carbocycles. The molecule has 154 valence electrons. The minimum atomic E-state index is -0.0996. The van der Waals surface area contributed by atoms with Gasteiger partial charge in [-0.3, -0.25) is 4.79 Å². The highest BCUT2D eigenvalue weighted by atomic mass is 16.1. The van der Waals surface area contributed by atoms with E-state index >= 15 is 0 Å². The molecule has 0 radical (unpaired) electrons. The van der Waals surface area contributed by atoms with Crippen LogP contribution in [0.3, 0.4) is 0 Å². The number of imidazole rings is 1. The van der Waals surface area contributed by atoms with E-state index in [4.69, 9.17) is 0 Å². The zero-order valence-electron chi connectivity index (χ0n) is 17.1. The van der Waals surface area contributed by atoms with Crippen molar-refractivity contribution in [1.29, 1.82) is 0 Å². The SMILES string of the molecule is O=C(NCCCCn1ccnc1)c1ccc(-n2cccn2)c(C#Cc2ccccc2)c1. The molecular weight excluding hydrogens is 386 g/mol. The van der Waals surface area contributed by atoms with E-state index in [1.807, 2.05) is 71.6 Å². The maximum absolute atomic E-state index is 12.7. The molecule has 4 aromatic rings. The molecule has 1 N–H and O–H groups in total. The second kappa shape index (κ2) is 10.1. The van der Waals surface area contributed by atoms with Crippen molar-refractivity contribution in [3.05, 3.63) is 102 Å². The second-order valence-electron chi connectivity index (χ2n) is 7.06. The minimum absolute atomic E-state index is 0.0996. The predicted molar refractivity (Wildman–Crippen MR) is 120 cm³/mol. The Bertz CT molecular complexity index is 1170. The molecule has 0 aliphatic rings. The predicted octanol–water partition coefficient (Wildman–Crippen LogP) is 3.68. The lowest BCUT2D eigenvalue weighted by Gasteiger charge is -2.09. The number of benzene rings is 2. The first kappa shape index (κ1) is 20.2. The molecular formula is C25H23N5O. The van der Waals surface area contributed by atoms with Gasteiger partial charge in [-0.25, -0.2) is 9.67 Å². The molecule has 1 amide bonds. The molecule has 0 spiro atoms. The molecule has 2 aromatic heterocycles. The van der Waals surface area contributed by atoms with Crippen LogP contribution in [0.2, 0.25) is 0 Å². The minimum Gasteiger partial charge on any atom is -0.352 e. The van der Waals surface area contributed by atoms with Crippen molar-refractivity contribution in [3.8, 4) is 17.5 Å². The van der Waals surface area contributed by atoms with Gasteiger partial charge in [-0.2, -0.15) is 5.10 Å². The summed E-state index contributed by atoms with van der Waals surface area (Å²) in [7, 11) is 0. The van der Waals surface area contributed by atoms with E-state index in [1.165, 1.54) is 0 Å². The number of hydrogen-bond acceptors (Lipinski definition) is 3. The van der Waals surface area contributed by atoms with E-state index in [-0.39, 0.29) is 5.91 Å². The molecule has 31 heavy (non-hydrogen) atoms. The van der Waals surface area contributed by atoms with Gasteiger partial charge in [0.15, 0.2) is 0 Å². The Morgan fingerprint density at radius 1 is 0.968 bits per heavy atom. The number of unbranched alkanes of at least 4 members (excludes halogenated alkanes) is 1. The quantitative estimate of drug-likeness (QED) is 0.374. The van der Waals surface area contributed by atoms with Gasteiger partial charge in [0, 0.05) is 49.0 Å². The lowest BCUT2D eigenvalue weighted by molar-refractivity contribution is 0.0953. The lowest BCUT2D eigenvalue weighted by atomic mass is 10.1. The van der Waals surface area contributed by atoms with Gasteiger partial charge >= 0.3 is 0 Å². The smallest absolute Gasteiger partial charge is 0.251 e. The van der Waals surface area contributed by atoms with Gasteiger partial charge in [0.25, 0.3) is 5.91 Å². The standard InChI is InChI=1S/C25H23N5O/c31-25(27-13-4-5-16-29-18-15-26-20-29)23-11-12-24(30-17-6-14-28-30)22(19-23)10-9-21-7-2-1-3-8-21/h1-3,6-8,11-12,14-15,17-20H,4-5,13,16H2,(H,27,31). The Labute approximate surface area is 181 Å². The average molecular weight is 409 g/mol. The molecule has 4 rings (SSSR count). The Morgan fingerprint density at radius 3 is 2.65 bits per heavy atom. The first-order valence-electron chi connectivity index (χ1n) is 10.2. The van der Waals surface area contributed by atoms with E-state index in [9.17, 15) is 4.79 Å². The second-order valence-corrected chi connectivity index (χ2v) is 7.06. The van der Waals surface area contributed by atoms with Crippen molar-refractivity contribution in [3.63, 3.8) is 0 Å². The number of hydrogen-bond donors (Lipinski definition) is 1. The highest BCUT2D eigenvalue weighted by molar-refractivity contribution is 5.95. The van der Waals surface area contributed by atoms with Crippen LogP contribution in [0.5, 0.6) is 0 Å². The van der Waals surface area contributed by atoms with E-state index in [0.717, 1.165) is 36.2 Å². The molecule has 0 aliphatic heterocycles. The van der Waals surface area contributed by atoms with Crippen molar-refractivity contribution in [1.82, 2.24) is 24.6 Å². The van der Waals surface area contributed by atoms with Crippen molar-refractivity contribution >= 4 is 5.91 Å². The number of aryl methyl sites for hydroxylation is 1. The van der Waals surface area contributed by atoms with Gasteiger partial charge in [0.05, 0.1) is 17.6 Å². The van der Waals surface area contributed by atoms with Crippen LogP contribution >= 0.6 is 0 Å². The molecule has 0 fully saturated rings. The number of amides is 1. The van der Waals surface area contributed by atoms with Gasteiger partial charge in [0.2, 0.25) is 0 Å². The van der Waals surface area contributed by atoms with Crippen LogP contribution in [0, 0.1) is 11.8 Å². The number of aromatic nitrogens is 4. The molecule has 0 atom stereocenters. The van der Waals surface area contributed by atoms with Crippen molar-refractivity contribution < 1.29 is 4.79 Å². The number of nitrogens with one attached hydrogen (secondary N) is 1. The summed E-state index contributed by atoms with van der Waals surface area (Å²) in [6.07, 6.45) is 11.0. The van der Waals surface area contributed by atoms with Crippen LogP contribution in [0.1, 0.15) is 34.3 Å². The van der Waals surface area contributed by atoms with Crippen molar-refractivity contribution in [2.75, 3.05) is 6.54 Å². The van der Waals surface area contributed by atoms with Crippen molar-refractivity contribution in [2.45, 2.75) is 19.4 Å². The van der Waals surface area contributed by atoms with Crippen LogP contribution in [-0.4, -0.2) is 31.8 Å². The van der Waals surface area contributed by atoms with Crippen LogP contribution in [-0.2, 0) is 6.54 Å². The maximum atomic E-state index is 12.7. The topological polar surface area (TPSA) is 64.7 Å². The molecule has 0 unspecified atom stereocenters. The summed E-state index contributed by atoms with van der Waals surface area (Å²) in [6.45, 7) is 1.52. The summed E-state index contributed by atoms with van der Waals surface area (Å²) in [5.41, 5.74) is 3.09. The van der Waals surface area contributed by atoms with Crippen LogP contribution in [0.25, 0.3) is 5.69 Å². The summed E-state index contributed by atoms with van der Waals surface area (Å²) in [5.74, 6) is 6.28. The van der Waals surface area contributed by atoms with E-state index < -0.39 is 0 Å². The Hall–Kier alpha value is -4.11. The molecule has 6 heteroatoms. The summed E-state index contributed by atoms with van der Waals surface area (Å²) in [4.78, 5) is 16.7. The number of rotatable bonds is 7. The first-order chi connectivity index (χ1) is 15.3. The molecule has 6 nitrogen and oxygen atoms in total. The summed E-state index contributed by atoms with van der Waals surface area (Å²) < 4.78 is 3.79. The third kappa shape index (κ3) is 5.49. The highest BCUT2D eigenvalue weighted by Gasteiger charge is 2.10. The maximum Gasteiger partial charge on any atom is 0.251 e. The first-order valence-corrected chi connectivity index (χ1v) is 10.2. The average Bonchev–Trinajstić information content (AvgIpc) is 3.52. The van der Waals surface area contributed by atoms with Gasteiger partial charge in [-0.1, -0.05) is 30.0 Å². The number of carbonyl (C=O) groups excluding carboxylic acids is 1. The third-order valence-corrected chi connectivity index (χ3v) is 4.81. The van der Waals surface area contributed by atoms with Gasteiger partial charge < -0.3 is 9.88 Å². The van der Waals surface area contributed by atoms with Crippen molar-refractivity contribution in [2.24, 2.45) is 0 Å². The van der Waals surface area contributed by atoms with Gasteiger partial charge in [0.1, 0.15) is 0 Å². The monoisotopic (exact) mass is 409 g/mol. The summed E-state index contributed by atoms with van der Waals surface area (Å²) in [6, 6.07) is 17.2. The Kier molecular flexibility index (Phi) is 6.56. The molecule has 0 bridgehead atoms. The fourth-order valence-corrected chi connectivity index (χ4v) is 3.19. The lowest BCUT2D eigenvalue weighted by Crippen LogP contribution is -2.24. The largest absolute Gasteiger partial charge is 0.352 e. The van der Waals surface area contributed by atoms with E-state index in [1.54, 1.807) is 23.4 Å². The highest BCUT2D eigenvalue weighted by Crippen LogP contribution is 2.16. The number of nitrogens with zero attached hydrogens (tertiary/aromatic N) is 4. The Morgan fingerprint density at radius 2 is 1.87 bits per heavy atom. The fraction of sp³-hybridized carbons (Fsp3) is 0.160.